The van der Waals surface area contributed by atoms with Crippen LogP contribution in [0.4, 0.5) is 4.79 Å². The van der Waals surface area contributed by atoms with Gasteiger partial charge in [-0.15, -0.1) is 11.8 Å². The minimum atomic E-state index is -0.241. The van der Waals surface area contributed by atoms with E-state index in [0.29, 0.717) is 13.1 Å². The van der Waals surface area contributed by atoms with Crippen LogP contribution in [0.5, 0.6) is 0 Å². The highest BCUT2D eigenvalue weighted by molar-refractivity contribution is 8.00. The lowest BCUT2D eigenvalue weighted by Gasteiger charge is -2.44. The number of likely N-dealkylation sites (tertiary alicyclic amines) is 1. The van der Waals surface area contributed by atoms with Crippen molar-refractivity contribution in [3.05, 3.63) is 35.4 Å². The lowest BCUT2D eigenvalue weighted by atomic mass is 9.86. The third kappa shape index (κ3) is 4.90. The lowest BCUT2D eigenvalue weighted by Crippen LogP contribution is -2.56. The van der Waals surface area contributed by atoms with Gasteiger partial charge >= 0.3 is 6.03 Å². The summed E-state index contributed by atoms with van der Waals surface area (Å²) in [6.45, 7) is 14.7. The topological polar surface area (TPSA) is 52.7 Å². The Balaban J connectivity index is 1.69. The molecule has 3 amide bonds. The highest BCUT2D eigenvalue weighted by Gasteiger charge is 2.47. The molecule has 29 heavy (non-hydrogen) atoms. The molecule has 2 saturated heterocycles. The van der Waals surface area contributed by atoms with Gasteiger partial charge in [-0.1, -0.05) is 32.9 Å². The molecule has 0 aromatic heterocycles. The van der Waals surface area contributed by atoms with Crippen molar-refractivity contribution >= 4 is 23.7 Å². The van der Waals surface area contributed by atoms with E-state index in [1.54, 1.807) is 0 Å². The summed E-state index contributed by atoms with van der Waals surface area (Å²) >= 11 is 1.88. The van der Waals surface area contributed by atoms with Crippen LogP contribution in [-0.2, 0) is 5.41 Å². The second-order valence-corrected chi connectivity index (χ2v) is 11.7. The van der Waals surface area contributed by atoms with E-state index in [2.05, 4.69) is 43.1 Å². The SMILES string of the molecule is CC(C)(C)NC(=O)N1CCC2(CC1)SCCN2C(=O)c1ccc(C(C)(C)C)cc1. The molecule has 160 valence electrons. The van der Waals surface area contributed by atoms with E-state index in [-0.39, 0.29) is 27.8 Å². The zero-order valence-electron chi connectivity index (χ0n) is 18.7. The predicted octanol–water partition coefficient (Wildman–Crippen LogP) is 4.47. The monoisotopic (exact) mass is 417 g/mol. The highest BCUT2D eigenvalue weighted by Crippen LogP contribution is 2.44. The van der Waals surface area contributed by atoms with Crippen LogP contribution in [0.1, 0.15) is 70.3 Å². The Hall–Kier alpha value is -1.69. The molecule has 0 unspecified atom stereocenters. The summed E-state index contributed by atoms with van der Waals surface area (Å²) in [5, 5.41) is 3.04. The maximum atomic E-state index is 13.3. The van der Waals surface area contributed by atoms with Crippen LogP contribution in [0, 0.1) is 0 Å². The first kappa shape index (κ1) is 22.0. The van der Waals surface area contributed by atoms with Crippen molar-refractivity contribution in [1.29, 1.82) is 0 Å². The molecule has 0 radical (unpaired) electrons. The van der Waals surface area contributed by atoms with Gasteiger partial charge in [-0.05, 0) is 56.7 Å². The largest absolute Gasteiger partial charge is 0.333 e. The Morgan fingerprint density at radius 3 is 2.07 bits per heavy atom. The van der Waals surface area contributed by atoms with Crippen LogP contribution in [0.15, 0.2) is 24.3 Å². The number of amides is 3. The normalized spacial score (nSPS) is 19.5. The molecule has 5 nitrogen and oxygen atoms in total. The summed E-state index contributed by atoms with van der Waals surface area (Å²) in [6.07, 6.45) is 1.64. The highest BCUT2D eigenvalue weighted by atomic mass is 32.2. The average molecular weight is 418 g/mol. The van der Waals surface area contributed by atoms with Crippen LogP contribution in [0.2, 0.25) is 0 Å². The summed E-state index contributed by atoms with van der Waals surface area (Å²) < 4.78 is 0. The summed E-state index contributed by atoms with van der Waals surface area (Å²) in [4.78, 5) is 29.6. The summed E-state index contributed by atoms with van der Waals surface area (Å²) in [5.41, 5.74) is 1.83. The summed E-state index contributed by atoms with van der Waals surface area (Å²) in [7, 11) is 0. The number of piperidine rings is 1. The van der Waals surface area contributed by atoms with E-state index in [4.69, 9.17) is 0 Å². The third-order valence-corrected chi connectivity index (χ3v) is 7.29. The number of urea groups is 1. The second-order valence-electron chi connectivity index (χ2n) is 10.2. The molecule has 6 heteroatoms. The Labute approximate surface area is 179 Å². The Kier molecular flexibility index (Phi) is 5.96. The van der Waals surface area contributed by atoms with Crippen molar-refractivity contribution in [1.82, 2.24) is 15.1 Å². The molecule has 0 saturated carbocycles. The summed E-state index contributed by atoms with van der Waals surface area (Å²) in [6, 6.07) is 8.06. The van der Waals surface area contributed by atoms with Gasteiger partial charge in [-0.3, -0.25) is 4.79 Å². The number of carbonyl (C=O) groups excluding carboxylic acids is 2. The molecule has 2 heterocycles. The van der Waals surface area contributed by atoms with Gasteiger partial charge in [-0.2, -0.15) is 0 Å². The van der Waals surface area contributed by atoms with E-state index < -0.39 is 0 Å². The molecule has 0 atom stereocenters. The molecule has 2 aliphatic rings. The standard InChI is InChI=1S/C23H35N3O2S/c1-21(2,3)18-9-7-17(8-10-18)19(27)26-15-16-29-23(26)11-13-25(14-12-23)20(28)24-22(4,5)6/h7-10H,11-16H2,1-6H3,(H,24,28). The van der Waals surface area contributed by atoms with Crippen LogP contribution >= 0.6 is 11.8 Å². The quantitative estimate of drug-likeness (QED) is 0.733. The molecular formula is C23H35N3O2S. The number of thioether (sulfide) groups is 1. The van der Waals surface area contributed by atoms with Crippen molar-refractivity contribution < 1.29 is 9.59 Å². The molecular weight excluding hydrogens is 382 g/mol. The molecule has 0 bridgehead atoms. The van der Waals surface area contributed by atoms with Crippen LogP contribution < -0.4 is 5.32 Å². The number of carbonyl (C=O) groups is 2. The predicted molar refractivity (Wildman–Crippen MR) is 120 cm³/mol. The van der Waals surface area contributed by atoms with Crippen molar-refractivity contribution in [3.63, 3.8) is 0 Å². The van der Waals surface area contributed by atoms with Crippen LogP contribution in [0.3, 0.4) is 0 Å². The maximum absolute atomic E-state index is 13.3. The molecule has 2 aliphatic heterocycles. The van der Waals surface area contributed by atoms with Gasteiger partial charge < -0.3 is 15.1 Å². The molecule has 1 aromatic carbocycles. The van der Waals surface area contributed by atoms with Crippen molar-refractivity contribution in [3.8, 4) is 0 Å². The van der Waals surface area contributed by atoms with Gasteiger partial charge in [0.1, 0.15) is 0 Å². The fourth-order valence-electron chi connectivity index (χ4n) is 4.04. The van der Waals surface area contributed by atoms with E-state index in [1.807, 2.05) is 49.6 Å². The smallest absolute Gasteiger partial charge is 0.317 e. The molecule has 2 fully saturated rings. The number of rotatable bonds is 1. The van der Waals surface area contributed by atoms with E-state index in [9.17, 15) is 9.59 Å². The molecule has 1 aromatic rings. The van der Waals surface area contributed by atoms with Crippen molar-refractivity contribution in [2.45, 2.75) is 70.2 Å². The van der Waals surface area contributed by atoms with Gasteiger partial charge in [0.25, 0.3) is 5.91 Å². The molecule has 3 rings (SSSR count). The van der Waals surface area contributed by atoms with Gasteiger partial charge in [0, 0.05) is 36.5 Å². The third-order valence-electron chi connectivity index (χ3n) is 5.73. The van der Waals surface area contributed by atoms with Crippen molar-refractivity contribution in [2.24, 2.45) is 0 Å². The van der Waals surface area contributed by atoms with E-state index in [0.717, 1.165) is 30.7 Å². The van der Waals surface area contributed by atoms with E-state index in [1.165, 1.54) is 5.56 Å². The zero-order chi connectivity index (χ0) is 21.4. The minimum absolute atomic E-state index is 0.00834. The number of benzene rings is 1. The van der Waals surface area contributed by atoms with Gasteiger partial charge in [0.05, 0.1) is 4.87 Å². The lowest BCUT2D eigenvalue weighted by molar-refractivity contribution is 0.0579. The minimum Gasteiger partial charge on any atom is -0.333 e. The number of nitrogens with one attached hydrogen (secondary N) is 1. The number of hydrogen-bond acceptors (Lipinski definition) is 3. The summed E-state index contributed by atoms with van der Waals surface area (Å²) in [5.74, 6) is 1.07. The molecule has 0 aliphatic carbocycles. The Morgan fingerprint density at radius 1 is 0.966 bits per heavy atom. The first-order valence-corrected chi connectivity index (χ1v) is 11.5. The Bertz CT molecular complexity index is 754. The number of nitrogens with zero attached hydrogens (tertiary/aromatic N) is 2. The fraction of sp³-hybridized carbons (Fsp3) is 0.652. The first-order valence-electron chi connectivity index (χ1n) is 10.5. The second kappa shape index (κ2) is 7.86. The van der Waals surface area contributed by atoms with Crippen molar-refractivity contribution in [2.75, 3.05) is 25.4 Å². The molecule has 1 spiro atoms. The average Bonchev–Trinajstić information content (AvgIpc) is 3.02. The first-order chi connectivity index (χ1) is 13.4. The van der Waals surface area contributed by atoms with E-state index >= 15 is 0 Å². The maximum Gasteiger partial charge on any atom is 0.317 e. The van der Waals surface area contributed by atoms with Gasteiger partial charge in [0.15, 0.2) is 0 Å². The Morgan fingerprint density at radius 2 is 1.55 bits per heavy atom. The fourth-order valence-corrected chi connectivity index (χ4v) is 5.49. The zero-order valence-corrected chi connectivity index (χ0v) is 19.5. The van der Waals surface area contributed by atoms with Crippen LogP contribution in [0.25, 0.3) is 0 Å². The molecule has 1 N–H and O–H groups in total. The number of hydrogen-bond donors (Lipinski definition) is 1. The van der Waals surface area contributed by atoms with Crippen LogP contribution in [-0.4, -0.2) is 57.5 Å². The van der Waals surface area contributed by atoms with Gasteiger partial charge in [0.2, 0.25) is 0 Å². The van der Waals surface area contributed by atoms with Gasteiger partial charge in [-0.25, -0.2) is 4.79 Å².